The molecule has 0 atom stereocenters. The third kappa shape index (κ3) is 4.99. The number of fused-ring (bicyclic) bond motifs is 9. The van der Waals surface area contributed by atoms with Gasteiger partial charge in [-0.05, 0) is 83.4 Å². The van der Waals surface area contributed by atoms with Crippen molar-refractivity contribution in [2.45, 2.75) is 0 Å². The number of aromatic nitrogens is 1. The molecule has 3 heterocycles. The SMILES string of the molecule is c1ccc(-c2ccc3c(c2)oc2c(-c4ccccc4)ccc(N(c4cccc5c4sc4ccccc45)c4cccc5c4c4ccccc4n5-c4ccccc4)c23)cc1. The summed E-state index contributed by atoms with van der Waals surface area (Å²) in [5.41, 5.74) is 13.0. The Bertz CT molecular complexity index is 3510. The first-order chi connectivity index (χ1) is 28.8. The van der Waals surface area contributed by atoms with Gasteiger partial charge >= 0.3 is 0 Å². The van der Waals surface area contributed by atoms with E-state index in [1.807, 2.05) is 11.3 Å². The summed E-state index contributed by atoms with van der Waals surface area (Å²) in [4.78, 5) is 2.51. The first-order valence-corrected chi connectivity index (χ1v) is 20.5. The van der Waals surface area contributed by atoms with Crippen molar-refractivity contribution in [3.63, 3.8) is 0 Å². The van der Waals surface area contributed by atoms with E-state index in [0.717, 1.165) is 72.5 Å². The number of thiophene rings is 1. The van der Waals surface area contributed by atoms with Gasteiger partial charge in [0.1, 0.15) is 11.2 Å². The Morgan fingerprint density at radius 1 is 0.414 bits per heavy atom. The minimum absolute atomic E-state index is 0.861. The van der Waals surface area contributed by atoms with E-state index in [4.69, 9.17) is 4.42 Å². The van der Waals surface area contributed by atoms with Crippen molar-refractivity contribution in [3.8, 4) is 27.9 Å². The molecule has 0 spiro atoms. The molecule has 0 fully saturated rings. The van der Waals surface area contributed by atoms with Gasteiger partial charge in [-0.1, -0.05) is 140 Å². The molecule has 0 amide bonds. The summed E-state index contributed by atoms with van der Waals surface area (Å²) in [5, 5.41) is 7.08. The predicted molar refractivity (Wildman–Crippen MR) is 247 cm³/mol. The number of hydrogen-bond donors (Lipinski definition) is 0. The maximum absolute atomic E-state index is 7.09. The van der Waals surface area contributed by atoms with E-state index in [2.05, 4.69) is 216 Å². The van der Waals surface area contributed by atoms with Crippen LogP contribution < -0.4 is 4.90 Å². The largest absolute Gasteiger partial charge is 0.455 e. The zero-order chi connectivity index (χ0) is 38.2. The van der Waals surface area contributed by atoms with Gasteiger partial charge in [0.15, 0.2) is 0 Å². The van der Waals surface area contributed by atoms with Crippen molar-refractivity contribution in [1.29, 1.82) is 0 Å². The second-order valence-electron chi connectivity index (χ2n) is 14.8. The molecule has 9 aromatic carbocycles. The van der Waals surface area contributed by atoms with Crippen LogP contribution in [-0.2, 0) is 0 Å². The standard InChI is InChI=1S/C54H34N2OS/c1-4-16-35(17-5-1)37-30-31-43-49(34-37)57-53-39(36-18-6-2-7-19-36)32-33-47(52(43)53)56(48-28-14-24-41-40-22-11-13-29-50(40)58-54(41)48)46-27-15-26-45-51(46)42-23-10-12-25-44(42)55(45)38-20-8-3-9-21-38/h1-34H. The van der Waals surface area contributed by atoms with Gasteiger partial charge in [-0.15, -0.1) is 11.3 Å². The highest BCUT2D eigenvalue weighted by atomic mass is 32.1. The second kappa shape index (κ2) is 13.1. The van der Waals surface area contributed by atoms with Crippen LogP contribution in [0.25, 0.3) is 91.9 Å². The van der Waals surface area contributed by atoms with Gasteiger partial charge in [-0.2, -0.15) is 0 Å². The van der Waals surface area contributed by atoms with E-state index in [9.17, 15) is 0 Å². The zero-order valence-electron chi connectivity index (χ0n) is 31.3. The third-order valence-corrected chi connectivity index (χ3v) is 12.8. The Hall–Kier alpha value is -7.40. The number of anilines is 3. The molecule has 12 aromatic rings. The molecule has 0 saturated heterocycles. The molecule has 12 rings (SSSR count). The molecular weight excluding hydrogens is 725 g/mol. The fourth-order valence-electron chi connectivity index (χ4n) is 9.04. The summed E-state index contributed by atoms with van der Waals surface area (Å²) < 4.78 is 12.0. The lowest BCUT2D eigenvalue weighted by Crippen LogP contribution is -2.11. The number of hydrogen-bond acceptors (Lipinski definition) is 3. The van der Waals surface area contributed by atoms with Crippen LogP contribution in [0.1, 0.15) is 0 Å². The highest BCUT2D eigenvalue weighted by molar-refractivity contribution is 7.26. The molecule has 0 bridgehead atoms. The van der Waals surface area contributed by atoms with E-state index in [0.29, 0.717) is 0 Å². The number of furan rings is 1. The lowest BCUT2D eigenvalue weighted by atomic mass is 9.98. The fraction of sp³-hybridized carbons (Fsp3) is 0. The van der Waals surface area contributed by atoms with Crippen molar-refractivity contribution >= 4 is 92.3 Å². The van der Waals surface area contributed by atoms with Crippen molar-refractivity contribution in [3.05, 3.63) is 206 Å². The topological polar surface area (TPSA) is 21.3 Å². The lowest BCUT2D eigenvalue weighted by Gasteiger charge is -2.28. The Morgan fingerprint density at radius 2 is 1.05 bits per heavy atom. The Balaban J connectivity index is 1.23. The first-order valence-electron chi connectivity index (χ1n) is 19.7. The van der Waals surface area contributed by atoms with Crippen molar-refractivity contribution < 1.29 is 4.42 Å². The van der Waals surface area contributed by atoms with Crippen molar-refractivity contribution in [1.82, 2.24) is 4.57 Å². The molecule has 0 aliphatic carbocycles. The number of rotatable bonds is 6. The smallest absolute Gasteiger partial charge is 0.145 e. The first kappa shape index (κ1) is 32.8. The Labute approximate surface area is 338 Å². The Morgan fingerprint density at radius 3 is 1.88 bits per heavy atom. The fourth-order valence-corrected chi connectivity index (χ4v) is 10.2. The Kier molecular flexibility index (Phi) is 7.40. The molecule has 3 aromatic heterocycles. The minimum Gasteiger partial charge on any atom is -0.455 e. The third-order valence-electron chi connectivity index (χ3n) is 11.6. The van der Waals surface area contributed by atoms with E-state index in [1.165, 1.54) is 36.5 Å². The van der Waals surface area contributed by atoms with Gasteiger partial charge < -0.3 is 13.9 Å². The van der Waals surface area contributed by atoms with E-state index < -0.39 is 0 Å². The summed E-state index contributed by atoms with van der Waals surface area (Å²) in [5.74, 6) is 0. The number of benzene rings is 9. The summed E-state index contributed by atoms with van der Waals surface area (Å²) in [6.07, 6.45) is 0. The maximum atomic E-state index is 7.09. The highest BCUT2D eigenvalue weighted by Crippen LogP contribution is 2.52. The maximum Gasteiger partial charge on any atom is 0.145 e. The van der Waals surface area contributed by atoms with E-state index in [-0.39, 0.29) is 0 Å². The second-order valence-corrected chi connectivity index (χ2v) is 15.9. The normalized spacial score (nSPS) is 11.8. The monoisotopic (exact) mass is 758 g/mol. The van der Waals surface area contributed by atoms with Crippen LogP contribution in [0.2, 0.25) is 0 Å². The van der Waals surface area contributed by atoms with Crippen molar-refractivity contribution in [2.24, 2.45) is 0 Å². The molecule has 0 N–H and O–H groups in total. The van der Waals surface area contributed by atoms with Gasteiger partial charge in [0.05, 0.1) is 38.2 Å². The molecule has 0 radical (unpaired) electrons. The molecule has 0 unspecified atom stereocenters. The summed E-state index contributed by atoms with van der Waals surface area (Å²) in [6.45, 7) is 0. The molecule has 3 nitrogen and oxygen atoms in total. The quantitative estimate of drug-likeness (QED) is 0.168. The van der Waals surface area contributed by atoms with Crippen LogP contribution in [0.15, 0.2) is 211 Å². The summed E-state index contributed by atoms with van der Waals surface area (Å²) in [7, 11) is 0. The van der Waals surface area contributed by atoms with Crippen molar-refractivity contribution in [2.75, 3.05) is 4.90 Å². The van der Waals surface area contributed by atoms with Crippen LogP contribution in [0.3, 0.4) is 0 Å². The van der Waals surface area contributed by atoms with Gasteiger partial charge in [0.25, 0.3) is 0 Å². The van der Waals surface area contributed by atoms with Gasteiger partial charge in [0, 0.05) is 42.9 Å². The van der Waals surface area contributed by atoms with Gasteiger partial charge in [-0.3, -0.25) is 0 Å². The average molecular weight is 759 g/mol. The van der Waals surface area contributed by atoms with E-state index in [1.54, 1.807) is 0 Å². The number of para-hydroxylation sites is 2. The van der Waals surface area contributed by atoms with Crippen LogP contribution in [0, 0.1) is 0 Å². The molecule has 0 saturated carbocycles. The minimum atomic E-state index is 0.861. The van der Waals surface area contributed by atoms with Crippen LogP contribution in [-0.4, -0.2) is 4.57 Å². The molecule has 0 aliphatic heterocycles. The van der Waals surface area contributed by atoms with Gasteiger partial charge in [-0.25, -0.2) is 0 Å². The van der Waals surface area contributed by atoms with Crippen LogP contribution in [0.5, 0.6) is 0 Å². The van der Waals surface area contributed by atoms with Crippen LogP contribution in [0.4, 0.5) is 17.1 Å². The predicted octanol–water partition coefficient (Wildman–Crippen LogP) is 15.9. The summed E-state index contributed by atoms with van der Waals surface area (Å²) in [6, 6.07) is 74.2. The molecule has 272 valence electrons. The zero-order valence-corrected chi connectivity index (χ0v) is 32.2. The van der Waals surface area contributed by atoms with E-state index >= 15 is 0 Å². The van der Waals surface area contributed by atoms with Crippen LogP contribution >= 0.6 is 11.3 Å². The highest BCUT2D eigenvalue weighted by Gasteiger charge is 2.27. The van der Waals surface area contributed by atoms with Gasteiger partial charge in [0.2, 0.25) is 0 Å². The lowest BCUT2D eigenvalue weighted by molar-refractivity contribution is 0.670. The molecule has 58 heavy (non-hydrogen) atoms. The molecule has 0 aliphatic rings. The number of nitrogens with zero attached hydrogens (tertiary/aromatic N) is 2. The molecular formula is C54H34N2OS. The summed E-state index contributed by atoms with van der Waals surface area (Å²) >= 11 is 1.86. The molecule has 4 heteroatoms. The average Bonchev–Trinajstić information content (AvgIpc) is 3.98.